The Morgan fingerprint density at radius 3 is 2.60 bits per heavy atom. The molecule has 0 fully saturated rings. The van der Waals surface area contributed by atoms with E-state index in [-0.39, 0.29) is 0 Å². The summed E-state index contributed by atoms with van der Waals surface area (Å²) in [5.41, 5.74) is 3.98. The molecule has 0 saturated heterocycles. The minimum Gasteiger partial charge on any atom is -0.377 e. The van der Waals surface area contributed by atoms with Gasteiger partial charge in [0.1, 0.15) is 0 Å². The van der Waals surface area contributed by atoms with Crippen molar-refractivity contribution in [3.63, 3.8) is 0 Å². The average Bonchev–Trinajstić information content (AvgIpc) is 2.92. The summed E-state index contributed by atoms with van der Waals surface area (Å²) in [6.45, 7) is 0. The van der Waals surface area contributed by atoms with Gasteiger partial charge in [-0.15, -0.1) is 0 Å². The Morgan fingerprint density at radius 2 is 1.75 bits per heavy atom. The predicted molar refractivity (Wildman–Crippen MR) is 88.2 cm³/mol. The summed E-state index contributed by atoms with van der Waals surface area (Å²) in [6.07, 6.45) is 1.05. The minimum absolute atomic E-state index is 0.369. The molecule has 3 aromatic carbocycles. The van der Waals surface area contributed by atoms with Gasteiger partial charge in [0, 0.05) is 4.47 Å². The molecule has 3 aromatic rings. The Balaban J connectivity index is 1.73. The molecule has 1 atom stereocenters. The van der Waals surface area contributed by atoms with Crippen LogP contribution in [0.25, 0.3) is 10.8 Å². The Bertz CT molecular complexity index is 794. The van der Waals surface area contributed by atoms with Crippen molar-refractivity contribution in [2.45, 2.75) is 12.5 Å². The largest absolute Gasteiger partial charge is 0.377 e. The van der Waals surface area contributed by atoms with Gasteiger partial charge in [-0.05, 0) is 56.4 Å². The van der Waals surface area contributed by atoms with Gasteiger partial charge >= 0.3 is 0 Å². The molecule has 0 aromatic heterocycles. The first-order chi connectivity index (χ1) is 9.81. The quantitative estimate of drug-likeness (QED) is 0.639. The van der Waals surface area contributed by atoms with Crippen molar-refractivity contribution in [3.05, 3.63) is 76.3 Å². The fourth-order valence-corrected chi connectivity index (χ4v) is 3.49. The number of hydrogen-bond donors (Lipinski definition) is 1. The van der Waals surface area contributed by atoms with Crippen LogP contribution in [0.2, 0.25) is 0 Å². The van der Waals surface area contributed by atoms with Crippen LogP contribution in [0.15, 0.2) is 65.1 Å². The summed E-state index contributed by atoms with van der Waals surface area (Å²) >= 11 is 3.62. The van der Waals surface area contributed by atoms with Crippen LogP contribution in [-0.2, 0) is 6.42 Å². The number of hydrogen-bond acceptors (Lipinski definition) is 1. The van der Waals surface area contributed by atoms with E-state index in [4.69, 9.17) is 0 Å². The maximum absolute atomic E-state index is 3.64. The summed E-state index contributed by atoms with van der Waals surface area (Å²) in [4.78, 5) is 0. The van der Waals surface area contributed by atoms with E-state index in [2.05, 4.69) is 81.9 Å². The van der Waals surface area contributed by atoms with Gasteiger partial charge < -0.3 is 5.32 Å². The lowest BCUT2D eigenvalue weighted by Gasteiger charge is -2.13. The fraction of sp³-hybridized carbons (Fsp3) is 0.111. The van der Waals surface area contributed by atoms with Crippen molar-refractivity contribution in [2.24, 2.45) is 0 Å². The molecule has 2 heteroatoms. The van der Waals surface area contributed by atoms with Gasteiger partial charge in [0.05, 0.1) is 11.7 Å². The van der Waals surface area contributed by atoms with Gasteiger partial charge in [0.15, 0.2) is 0 Å². The first kappa shape index (κ1) is 12.0. The first-order valence-electron chi connectivity index (χ1n) is 6.84. The summed E-state index contributed by atoms with van der Waals surface area (Å²) < 4.78 is 1.15. The van der Waals surface area contributed by atoms with E-state index in [9.17, 15) is 0 Å². The van der Waals surface area contributed by atoms with Gasteiger partial charge in [-0.25, -0.2) is 0 Å². The highest BCUT2D eigenvalue weighted by atomic mass is 79.9. The van der Waals surface area contributed by atoms with Gasteiger partial charge in [0.2, 0.25) is 0 Å². The number of fused-ring (bicyclic) bond motifs is 2. The predicted octanol–water partition coefficient (Wildman–Crippen LogP) is 5.31. The van der Waals surface area contributed by atoms with Gasteiger partial charge in [-0.3, -0.25) is 0 Å². The lowest BCUT2D eigenvalue weighted by molar-refractivity contribution is 0.826. The molecule has 0 spiro atoms. The lowest BCUT2D eigenvalue weighted by Crippen LogP contribution is -2.05. The molecule has 0 amide bonds. The molecule has 0 radical (unpaired) electrons. The van der Waals surface area contributed by atoms with E-state index in [1.807, 2.05) is 0 Å². The highest BCUT2D eigenvalue weighted by molar-refractivity contribution is 9.10. The molecular formula is C18H14BrN. The third-order valence-corrected chi connectivity index (χ3v) is 4.68. The van der Waals surface area contributed by atoms with Gasteiger partial charge in [-0.2, -0.15) is 0 Å². The second-order valence-electron chi connectivity index (χ2n) is 5.28. The molecule has 1 aliphatic heterocycles. The molecule has 1 N–H and O–H groups in total. The summed E-state index contributed by atoms with van der Waals surface area (Å²) in [5.74, 6) is 0. The normalized spacial score (nSPS) is 16.9. The van der Waals surface area contributed by atoms with E-state index in [1.165, 1.54) is 27.6 Å². The third-order valence-electron chi connectivity index (χ3n) is 4.02. The van der Waals surface area contributed by atoms with E-state index in [1.54, 1.807) is 0 Å². The van der Waals surface area contributed by atoms with Crippen LogP contribution in [0, 0.1) is 0 Å². The van der Waals surface area contributed by atoms with Crippen molar-refractivity contribution >= 4 is 32.4 Å². The van der Waals surface area contributed by atoms with Crippen LogP contribution < -0.4 is 5.32 Å². The van der Waals surface area contributed by atoms with E-state index >= 15 is 0 Å². The Labute approximate surface area is 126 Å². The number of benzene rings is 3. The van der Waals surface area contributed by atoms with E-state index < -0.39 is 0 Å². The third kappa shape index (κ3) is 1.92. The van der Waals surface area contributed by atoms with Crippen LogP contribution in [0.4, 0.5) is 5.69 Å². The summed E-state index contributed by atoms with van der Waals surface area (Å²) in [7, 11) is 0. The van der Waals surface area contributed by atoms with Crippen LogP contribution in [-0.4, -0.2) is 0 Å². The number of nitrogens with one attached hydrogen (secondary N) is 1. The first-order valence-corrected chi connectivity index (χ1v) is 7.63. The van der Waals surface area contributed by atoms with Crippen LogP contribution in [0.1, 0.15) is 17.2 Å². The van der Waals surface area contributed by atoms with Crippen LogP contribution in [0.5, 0.6) is 0 Å². The molecule has 20 heavy (non-hydrogen) atoms. The molecule has 1 aliphatic rings. The second kappa shape index (κ2) is 4.64. The SMILES string of the molecule is Brc1cccc2c1NC(c1ccc3ccccc3c1)C2. The average molecular weight is 324 g/mol. The van der Waals surface area contributed by atoms with Gasteiger partial charge in [0.25, 0.3) is 0 Å². The maximum atomic E-state index is 3.64. The lowest BCUT2D eigenvalue weighted by atomic mass is 9.99. The Hall–Kier alpha value is -1.80. The molecule has 0 bridgehead atoms. The number of rotatable bonds is 1. The zero-order valence-electron chi connectivity index (χ0n) is 10.9. The van der Waals surface area contributed by atoms with Crippen molar-refractivity contribution < 1.29 is 0 Å². The standard InChI is InChI=1S/C18H14BrN/c19-16-7-3-6-15-11-17(20-18(15)16)14-9-8-12-4-1-2-5-13(12)10-14/h1-10,17,20H,11H2. The van der Waals surface area contributed by atoms with Crippen LogP contribution >= 0.6 is 15.9 Å². The van der Waals surface area contributed by atoms with Crippen molar-refractivity contribution in [1.29, 1.82) is 0 Å². The Morgan fingerprint density at radius 1 is 0.900 bits per heavy atom. The monoisotopic (exact) mass is 323 g/mol. The topological polar surface area (TPSA) is 12.0 Å². The minimum atomic E-state index is 0.369. The van der Waals surface area contributed by atoms with Crippen molar-refractivity contribution in [1.82, 2.24) is 0 Å². The smallest absolute Gasteiger partial charge is 0.0555 e. The molecule has 4 rings (SSSR count). The zero-order chi connectivity index (χ0) is 13.5. The molecule has 98 valence electrons. The molecule has 1 heterocycles. The molecular weight excluding hydrogens is 310 g/mol. The zero-order valence-corrected chi connectivity index (χ0v) is 12.5. The molecule has 1 nitrogen and oxygen atoms in total. The Kier molecular flexibility index (Phi) is 2.78. The molecule has 1 unspecified atom stereocenters. The number of halogens is 1. The highest BCUT2D eigenvalue weighted by Gasteiger charge is 2.23. The van der Waals surface area contributed by atoms with Crippen molar-refractivity contribution in [3.8, 4) is 0 Å². The summed E-state index contributed by atoms with van der Waals surface area (Å²) in [6, 6.07) is 22.0. The molecule has 0 saturated carbocycles. The molecule has 0 aliphatic carbocycles. The number of para-hydroxylation sites is 1. The summed E-state index contributed by atoms with van der Waals surface area (Å²) in [5, 5.41) is 6.24. The maximum Gasteiger partial charge on any atom is 0.0555 e. The van der Waals surface area contributed by atoms with E-state index in [0.29, 0.717) is 6.04 Å². The number of anilines is 1. The van der Waals surface area contributed by atoms with Crippen molar-refractivity contribution in [2.75, 3.05) is 5.32 Å². The second-order valence-corrected chi connectivity index (χ2v) is 6.14. The highest BCUT2D eigenvalue weighted by Crippen LogP contribution is 2.39. The van der Waals surface area contributed by atoms with E-state index in [0.717, 1.165) is 10.9 Å². The fourth-order valence-electron chi connectivity index (χ4n) is 2.97. The van der Waals surface area contributed by atoms with Gasteiger partial charge in [-0.1, -0.05) is 48.5 Å². The van der Waals surface area contributed by atoms with Crippen LogP contribution in [0.3, 0.4) is 0 Å².